The fraction of sp³-hybridized carbons (Fsp3) is 1.00. The lowest BCUT2D eigenvalue weighted by atomic mass is 9.96. The zero-order chi connectivity index (χ0) is 9.19. The van der Waals surface area contributed by atoms with Gasteiger partial charge in [-0.15, -0.1) is 0 Å². The van der Waals surface area contributed by atoms with Gasteiger partial charge >= 0.3 is 6.18 Å². The van der Waals surface area contributed by atoms with E-state index in [2.05, 4.69) is 0 Å². The van der Waals surface area contributed by atoms with E-state index in [9.17, 15) is 13.2 Å². The normalized spacial score (nSPS) is 28.5. The minimum Gasteiger partial charge on any atom is -0.383 e. The van der Waals surface area contributed by atoms with Gasteiger partial charge in [0.05, 0.1) is 6.61 Å². The lowest BCUT2D eigenvalue weighted by Crippen LogP contribution is -2.39. The van der Waals surface area contributed by atoms with Crippen molar-refractivity contribution in [2.45, 2.75) is 25.1 Å². The predicted molar refractivity (Wildman–Crippen MR) is 35.6 cm³/mol. The van der Waals surface area contributed by atoms with Crippen LogP contribution in [0.3, 0.4) is 0 Å². The average Bonchev–Trinajstić information content (AvgIpc) is 2.03. The molecule has 0 amide bonds. The van der Waals surface area contributed by atoms with Crippen LogP contribution in [0.15, 0.2) is 0 Å². The molecule has 0 spiro atoms. The molecule has 5 heteroatoms. The number of ether oxygens (including phenoxy) is 1. The highest BCUT2D eigenvalue weighted by Gasteiger charge is 2.43. The predicted octanol–water partition coefficient (Wildman–Crippen LogP) is 1.34. The van der Waals surface area contributed by atoms with E-state index in [0.717, 1.165) is 0 Å². The van der Waals surface area contributed by atoms with Crippen LogP contribution in [0, 0.1) is 5.92 Å². The summed E-state index contributed by atoms with van der Waals surface area (Å²) in [6, 6.07) is 0. The topological polar surface area (TPSA) is 29.5 Å². The fourth-order valence-electron chi connectivity index (χ4n) is 1.28. The number of hydrogen-bond donors (Lipinski definition) is 1. The lowest BCUT2D eigenvalue weighted by Gasteiger charge is -2.27. The Morgan fingerprint density at radius 2 is 2.08 bits per heavy atom. The second kappa shape index (κ2) is 3.62. The number of alkyl halides is 3. The summed E-state index contributed by atoms with van der Waals surface area (Å²) in [5, 5.41) is 8.81. The Morgan fingerprint density at radius 3 is 2.50 bits per heavy atom. The average molecular weight is 184 g/mol. The molecular formula is C7H11F3O2. The minimum atomic E-state index is -4.51. The first-order valence-corrected chi connectivity index (χ1v) is 3.84. The summed E-state index contributed by atoms with van der Waals surface area (Å²) in [5.74, 6) is -0.779. The van der Waals surface area contributed by atoms with Gasteiger partial charge in [0.1, 0.15) is 0 Å². The van der Waals surface area contributed by atoms with E-state index in [0.29, 0.717) is 19.4 Å². The lowest BCUT2D eigenvalue weighted by molar-refractivity contribution is -0.228. The molecule has 1 aliphatic heterocycles. The SMILES string of the molecule is O[C@@H]([C@@H]1CCCOC1)C(F)(F)F. The molecule has 1 aliphatic rings. The maximum atomic E-state index is 11.9. The summed E-state index contributed by atoms with van der Waals surface area (Å²) in [6.07, 6.45) is -5.75. The molecule has 2 atom stereocenters. The molecule has 0 aliphatic carbocycles. The zero-order valence-electron chi connectivity index (χ0n) is 6.47. The monoisotopic (exact) mass is 184 g/mol. The summed E-state index contributed by atoms with van der Waals surface area (Å²) < 4.78 is 40.6. The Balaban J connectivity index is 2.45. The third-order valence-electron chi connectivity index (χ3n) is 1.98. The third-order valence-corrected chi connectivity index (χ3v) is 1.98. The highest BCUT2D eigenvalue weighted by molar-refractivity contribution is 4.77. The summed E-state index contributed by atoms with van der Waals surface area (Å²) in [7, 11) is 0. The van der Waals surface area contributed by atoms with Gasteiger partial charge in [0.2, 0.25) is 0 Å². The molecule has 1 N–H and O–H groups in total. The van der Waals surface area contributed by atoms with E-state index in [-0.39, 0.29) is 6.61 Å². The number of rotatable bonds is 1. The van der Waals surface area contributed by atoms with Crippen molar-refractivity contribution in [3.05, 3.63) is 0 Å². The van der Waals surface area contributed by atoms with Crippen LogP contribution in [-0.4, -0.2) is 30.6 Å². The maximum absolute atomic E-state index is 11.9. The number of aliphatic hydroxyl groups excluding tert-OH is 1. The van der Waals surface area contributed by atoms with Crippen molar-refractivity contribution in [3.8, 4) is 0 Å². The van der Waals surface area contributed by atoms with Gasteiger partial charge in [-0.1, -0.05) is 0 Å². The van der Waals surface area contributed by atoms with Gasteiger partial charge in [-0.3, -0.25) is 0 Å². The molecular weight excluding hydrogens is 173 g/mol. The Morgan fingerprint density at radius 1 is 1.42 bits per heavy atom. The molecule has 0 radical (unpaired) electrons. The van der Waals surface area contributed by atoms with Crippen LogP contribution in [0.4, 0.5) is 13.2 Å². The molecule has 12 heavy (non-hydrogen) atoms. The van der Waals surface area contributed by atoms with E-state index in [1.54, 1.807) is 0 Å². The van der Waals surface area contributed by atoms with Gasteiger partial charge in [-0.05, 0) is 12.8 Å². The largest absolute Gasteiger partial charge is 0.414 e. The first kappa shape index (κ1) is 9.80. The van der Waals surface area contributed by atoms with Crippen molar-refractivity contribution in [2.24, 2.45) is 5.92 Å². The maximum Gasteiger partial charge on any atom is 0.414 e. The van der Waals surface area contributed by atoms with Crippen LogP contribution in [0.2, 0.25) is 0 Å². The van der Waals surface area contributed by atoms with Crippen LogP contribution >= 0.6 is 0 Å². The molecule has 0 bridgehead atoms. The first-order valence-electron chi connectivity index (χ1n) is 3.84. The number of halogens is 3. The highest BCUT2D eigenvalue weighted by atomic mass is 19.4. The van der Waals surface area contributed by atoms with Gasteiger partial charge in [-0.2, -0.15) is 13.2 Å². The van der Waals surface area contributed by atoms with Crippen molar-refractivity contribution in [1.82, 2.24) is 0 Å². The van der Waals surface area contributed by atoms with Crippen LogP contribution in [0.5, 0.6) is 0 Å². The molecule has 1 rings (SSSR count). The Labute approximate surface area is 68.3 Å². The van der Waals surface area contributed by atoms with Crippen molar-refractivity contribution in [2.75, 3.05) is 13.2 Å². The molecule has 0 unspecified atom stereocenters. The molecule has 0 aromatic rings. The standard InChI is InChI=1S/C7H11F3O2/c8-7(9,10)6(11)5-2-1-3-12-4-5/h5-6,11H,1-4H2/t5-,6+/m1/s1. The molecule has 2 nitrogen and oxygen atoms in total. The van der Waals surface area contributed by atoms with Crippen molar-refractivity contribution >= 4 is 0 Å². The van der Waals surface area contributed by atoms with Crippen LogP contribution in [-0.2, 0) is 4.74 Å². The number of hydrogen-bond acceptors (Lipinski definition) is 2. The third kappa shape index (κ3) is 2.35. The zero-order valence-corrected chi connectivity index (χ0v) is 6.47. The van der Waals surface area contributed by atoms with Crippen molar-refractivity contribution < 1.29 is 23.0 Å². The minimum absolute atomic E-state index is 0.0146. The number of aliphatic hydroxyl groups is 1. The quantitative estimate of drug-likeness (QED) is 0.666. The van der Waals surface area contributed by atoms with Crippen LogP contribution in [0.1, 0.15) is 12.8 Å². The summed E-state index contributed by atoms with van der Waals surface area (Å²) in [4.78, 5) is 0. The van der Waals surface area contributed by atoms with Crippen LogP contribution < -0.4 is 0 Å². The Kier molecular flexibility index (Phi) is 2.95. The summed E-state index contributed by atoms with van der Waals surface area (Å²) in [5.41, 5.74) is 0. The van der Waals surface area contributed by atoms with Gasteiger partial charge in [0.15, 0.2) is 6.10 Å². The molecule has 0 aromatic carbocycles. The van der Waals surface area contributed by atoms with Gasteiger partial charge in [0.25, 0.3) is 0 Å². The Hall–Kier alpha value is -0.290. The van der Waals surface area contributed by atoms with E-state index in [4.69, 9.17) is 9.84 Å². The van der Waals surface area contributed by atoms with Gasteiger partial charge in [-0.25, -0.2) is 0 Å². The Bertz CT molecular complexity index is 140. The highest BCUT2D eigenvalue weighted by Crippen LogP contribution is 2.29. The van der Waals surface area contributed by atoms with E-state index in [1.807, 2.05) is 0 Å². The summed E-state index contributed by atoms with van der Waals surface area (Å²) in [6.45, 7) is 0.516. The van der Waals surface area contributed by atoms with Crippen molar-refractivity contribution in [3.63, 3.8) is 0 Å². The fourth-order valence-corrected chi connectivity index (χ4v) is 1.28. The molecule has 1 saturated heterocycles. The van der Waals surface area contributed by atoms with Crippen LogP contribution in [0.25, 0.3) is 0 Å². The molecule has 0 saturated carbocycles. The molecule has 1 fully saturated rings. The second-order valence-electron chi connectivity index (χ2n) is 2.96. The van der Waals surface area contributed by atoms with E-state index >= 15 is 0 Å². The molecule has 72 valence electrons. The van der Waals surface area contributed by atoms with Crippen molar-refractivity contribution in [1.29, 1.82) is 0 Å². The smallest absolute Gasteiger partial charge is 0.383 e. The van der Waals surface area contributed by atoms with Gasteiger partial charge in [0, 0.05) is 12.5 Å². The van der Waals surface area contributed by atoms with E-state index in [1.165, 1.54) is 0 Å². The van der Waals surface area contributed by atoms with E-state index < -0.39 is 18.2 Å². The molecule has 0 aromatic heterocycles. The summed E-state index contributed by atoms with van der Waals surface area (Å²) >= 11 is 0. The first-order chi connectivity index (χ1) is 5.52. The second-order valence-corrected chi connectivity index (χ2v) is 2.96. The molecule has 1 heterocycles. The van der Waals surface area contributed by atoms with Gasteiger partial charge < -0.3 is 9.84 Å².